The van der Waals surface area contributed by atoms with Crippen LogP contribution in [0, 0.1) is 5.92 Å². The molecule has 2 aliphatic rings. The highest BCUT2D eigenvalue weighted by Crippen LogP contribution is 2.29. The van der Waals surface area contributed by atoms with Crippen molar-refractivity contribution < 1.29 is 22.8 Å². The van der Waals surface area contributed by atoms with Gasteiger partial charge in [-0.1, -0.05) is 43.9 Å². The number of carbonyl (C=O) groups excluding carboxylic acids is 3. The first kappa shape index (κ1) is 29.6. The standard InChI is InChI=1S/C30H36N6O5S/c1-21-14-15-24(27(37)20-36(21)42(40,41)28-13-6-7-16-31-28)33-30(39)25(19-22-9-2-3-10-22)34-29(38)23-11-4-5-12-26(23)35-18-8-17-32-35/h4-8,11-13,16-18,21-22,24-25H,2-3,9-10,14-15,19-20H2,1H3,(H,33,39)(H,34,38)/t21-,24+,25+/m1/s1. The number of benzene rings is 1. The van der Waals surface area contributed by atoms with Gasteiger partial charge in [0, 0.05) is 24.6 Å². The molecule has 3 aromatic rings. The van der Waals surface area contributed by atoms with Crippen LogP contribution in [0.1, 0.15) is 62.2 Å². The maximum absolute atomic E-state index is 13.7. The molecule has 12 heteroatoms. The Morgan fingerprint density at radius 2 is 1.76 bits per heavy atom. The molecule has 0 unspecified atom stereocenters. The molecule has 1 aromatic carbocycles. The minimum absolute atomic E-state index is 0.123. The first-order valence-electron chi connectivity index (χ1n) is 14.4. The molecular weight excluding hydrogens is 556 g/mol. The normalized spacial score (nSPS) is 21.0. The molecule has 0 bridgehead atoms. The van der Waals surface area contributed by atoms with Gasteiger partial charge in [0.05, 0.1) is 23.8 Å². The fraction of sp³-hybridized carbons (Fsp3) is 0.433. The van der Waals surface area contributed by atoms with Gasteiger partial charge in [-0.3, -0.25) is 14.4 Å². The molecule has 3 heterocycles. The molecule has 2 fully saturated rings. The summed E-state index contributed by atoms with van der Waals surface area (Å²) in [5, 5.41) is 9.90. The lowest BCUT2D eigenvalue weighted by molar-refractivity contribution is -0.129. The number of ketones is 1. The molecule has 2 amide bonds. The third kappa shape index (κ3) is 6.60. The van der Waals surface area contributed by atoms with Crippen LogP contribution in [0.5, 0.6) is 0 Å². The van der Waals surface area contributed by atoms with E-state index in [1.807, 2.05) is 6.07 Å². The third-order valence-corrected chi connectivity index (χ3v) is 10.0. The maximum Gasteiger partial charge on any atom is 0.261 e. The van der Waals surface area contributed by atoms with E-state index in [1.165, 1.54) is 12.3 Å². The smallest absolute Gasteiger partial charge is 0.261 e. The summed E-state index contributed by atoms with van der Waals surface area (Å²) in [5.74, 6) is -0.972. The summed E-state index contributed by atoms with van der Waals surface area (Å²) in [7, 11) is -4.00. The van der Waals surface area contributed by atoms with Crippen molar-refractivity contribution in [1.82, 2.24) is 29.7 Å². The SMILES string of the molecule is C[C@@H]1CC[C@H](NC(=O)[C@H](CC2CCCC2)NC(=O)c2ccccc2-n2cccn2)C(=O)CN1S(=O)(=O)c1ccccn1. The molecule has 1 aliphatic carbocycles. The van der Waals surface area contributed by atoms with E-state index in [4.69, 9.17) is 0 Å². The molecule has 5 rings (SSSR count). The molecule has 3 atom stereocenters. The first-order chi connectivity index (χ1) is 20.2. The van der Waals surface area contributed by atoms with Crippen molar-refractivity contribution in [2.45, 2.75) is 75.0 Å². The van der Waals surface area contributed by atoms with E-state index in [2.05, 4.69) is 20.7 Å². The molecule has 1 saturated carbocycles. The quantitative estimate of drug-likeness (QED) is 0.389. The lowest BCUT2D eigenvalue weighted by Crippen LogP contribution is -2.53. The number of hydrogen-bond acceptors (Lipinski definition) is 7. The van der Waals surface area contributed by atoms with E-state index < -0.39 is 45.7 Å². The minimum atomic E-state index is -4.00. The van der Waals surface area contributed by atoms with Gasteiger partial charge in [-0.2, -0.15) is 9.40 Å². The average Bonchev–Trinajstić information content (AvgIpc) is 3.70. The number of Topliss-reactive ketones (excluding diaryl/α,β-unsaturated/α-hetero) is 1. The van der Waals surface area contributed by atoms with Crippen LogP contribution in [-0.2, 0) is 19.6 Å². The van der Waals surface area contributed by atoms with E-state index in [9.17, 15) is 22.8 Å². The van der Waals surface area contributed by atoms with Crippen molar-refractivity contribution in [3.63, 3.8) is 0 Å². The molecule has 1 saturated heterocycles. The van der Waals surface area contributed by atoms with Crippen molar-refractivity contribution >= 4 is 27.6 Å². The van der Waals surface area contributed by atoms with Crippen molar-refractivity contribution in [3.05, 3.63) is 72.7 Å². The van der Waals surface area contributed by atoms with Crippen LogP contribution in [0.2, 0.25) is 0 Å². The minimum Gasteiger partial charge on any atom is -0.344 e. The van der Waals surface area contributed by atoms with Crippen molar-refractivity contribution in [2.24, 2.45) is 5.92 Å². The highest BCUT2D eigenvalue weighted by atomic mass is 32.2. The number of rotatable bonds is 9. The second kappa shape index (κ2) is 13.0. The van der Waals surface area contributed by atoms with Gasteiger partial charge in [0.25, 0.3) is 15.9 Å². The molecule has 11 nitrogen and oxygen atoms in total. The monoisotopic (exact) mass is 592 g/mol. The average molecular weight is 593 g/mol. The van der Waals surface area contributed by atoms with Crippen LogP contribution in [-0.4, -0.2) is 69.8 Å². The highest BCUT2D eigenvalue weighted by Gasteiger charge is 2.38. The topological polar surface area (TPSA) is 143 Å². The second-order valence-electron chi connectivity index (χ2n) is 11.1. The Morgan fingerprint density at radius 3 is 2.48 bits per heavy atom. The van der Waals surface area contributed by atoms with E-state index in [-0.39, 0.29) is 23.9 Å². The summed E-state index contributed by atoms with van der Waals surface area (Å²) in [6.45, 7) is 1.38. The van der Waals surface area contributed by atoms with Gasteiger partial charge in [-0.05, 0) is 62.4 Å². The summed E-state index contributed by atoms with van der Waals surface area (Å²) in [6.07, 6.45) is 9.98. The number of hydrogen-bond donors (Lipinski definition) is 2. The summed E-state index contributed by atoms with van der Waals surface area (Å²) in [4.78, 5) is 44.5. The van der Waals surface area contributed by atoms with Crippen molar-refractivity contribution in [1.29, 1.82) is 0 Å². The zero-order valence-corrected chi connectivity index (χ0v) is 24.4. The zero-order chi connectivity index (χ0) is 29.7. The largest absolute Gasteiger partial charge is 0.344 e. The van der Waals surface area contributed by atoms with Gasteiger partial charge in [-0.25, -0.2) is 18.1 Å². The predicted molar refractivity (Wildman–Crippen MR) is 155 cm³/mol. The second-order valence-corrected chi connectivity index (χ2v) is 12.9. The Hall–Kier alpha value is -3.90. The number of nitrogens with one attached hydrogen (secondary N) is 2. The molecular formula is C30H36N6O5S. The van der Waals surface area contributed by atoms with Gasteiger partial charge in [0.2, 0.25) is 5.91 Å². The summed E-state index contributed by atoms with van der Waals surface area (Å²) < 4.78 is 29.3. The number of nitrogens with zero attached hydrogens (tertiary/aromatic N) is 4. The Labute approximate surface area is 245 Å². The summed E-state index contributed by atoms with van der Waals surface area (Å²) in [6, 6.07) is 11.2. The van der Waals surface area contributed by atoms with Gasteiger partial charge in [0.15, 0.2) is 10.8 Å². The summed E-state index contributed by atoms with van der Waals surface area (Å²) >= 11 is 0. The van der Waals surface area contributed by atoms with Crippen LogP contribution in [0.3, 0.4) is 0 Å². The number of carbonyl (C=O) groups is 3. The van der Waals surface area contributed by atoms with Crippen LogP contribution in [0.15, 0.2) is 72.1 Å². The molecule has 42 heavy (non-hydrogen) atoms. The molecule has 2 N–H and O–H groups in total. The van der Waals surface area contributed by atoms with E-state index >= 15 is 0 Å². The van der Waals surface area contributed by atoms with Gasteiger partial charge in [0.1, 0.15) is 6.04 Å². The predicted octanol–water partition coefficient (Wildman–Crippen LogP) is 2.87. The van der Waals surface area contributed by atoms with Crippen LogP contribution in [0.4, 0.5) is 0 Å². The van der Waals surface area contributed by atoms with Crippen molar-refractivity contribution in [2.75, 3.05) is 6.54 Å². The summed E-state index contributed by atoms with van der Waals surface area (Å²) in [5.41, 5.74) is 0.960. The van der Waals surface area contributed by atoms with E-state index in [1.54, 1.807) is 60.4 Å². The Morgan fingerprint density at radius 1 is 1.00 bits per heavy atom. The van der Waals surface area contributed by atoms with Crippen LogP contribution in [0.25, 0.3) is 5.69 Å². The van der Waals surface area contributed by atoms with Gasteiger partial charge >= 0.3 is 0 Å². The van der Waals surface area contributed by atoms with Gasteiger partial charge < -0.3 is 10.6 Å². The Kier molecular flexibility index (Phi) is 9.12. The molecule has 2 aromatic heterocycles. The molecule has 1 aliphatic heterocycles. The fourth-order valence-corrected chi connectivity index (χ4v) is 7.38. The lowest BCUT2D eigenvalue weighted by Gasteiger charge is -2.25. The Bertz CT molecular complexity index is 1510. The zero-order valence-electron chi connectivity index (χ0n) is 23.6. The van der Waals surface area contributed by atoms with Crippen LogP contribution < -0.4 is 10.6 Å². The number of aromatic nitrogens is 3. The lowest BCUT2D eigenvalue weighted by atomic mass is 9.96. The highest BCUT2D eigenvalue weighted by molar-refractivity contribution is 7.89. The van der Waals surface area contributed by atoms with Crippen molar-refractivity contribution in [3.8, 4) is 5.69 Å². The number of para-hydroxylation sites is 1. The van der Waals surface area contributed by atoms with E-state index in [0.717, 1.165) is 30.0 Å². The third-order valence-electron chi connectivity index (χ3n) is 8.16. The number of pyridine rings is 1. The first-order valence-corrected chi connectivity index (χ1v) is 15.8. The Balaban J connectivity index is 1.32. The maximum atomic E-state index is 13.7. The van der Waals surface area contributed by atoms with Crippen LogP contribution >= 0.6 is 0 Å². The number of sulfonamides is 1. The van der Waals surface area contributed by atoms with Gasteiger partial charge in [-0.15, -0.1) is 0 Å². The number of amides is 2. The molecule has 0 radical (unpaired) electrons. The molecule has 0 spiro atoms. The fourth-order valence-electron chi connectivity index (χ4n) is 5.82. The molecule has 222 valence electrons. The van der Waals surface area contributed by atoms with E-state index in [0.29, 0.717) is 24.1 Å².